The number of urea groups is 1. The summed E-state index contributed by atoms with van der Waals surface area (Å²) < 4.78 is 0. The number of nitrogens with one attached hydrogen (secondary N) is 2. The zero-order valence-corrected chi connectivity index (χ0v) is 10.0. The topological polar surface area (TPSA) is 106 Å². The predicted molar refractivity (Wildman–Crippen MR) is 71.1 cm³/mol. The highest BCUT2D eigenvalue weighted by molar-refractivity contribution is 5.89. The van der Waals surface area contributed by atoms with E-state index in [1.807, 2.05) is 24.3 Å². The van der Waals surface area contributed by atoms with Crippen LogP contribution in [0.5, 0.6) is 0 Å². The van der Waals surface area contributed by atoms with Crippen molar-refractivity contribution >= 4 is 17.7 Å². The quantitative estimate of drug-likeness (QED) is 0.466. The lowest BCUT2D eigenvalue weighted by atomic mass is 10.2. The average molecular weight is 247 g/mol. The van der Waals surface area contributed by atoms with Gasteiger partial charge in [0.25, 0.3) is 0 Å². The van der Waals surface area contributed by atoms with Gasteiger partial charge in [-0.25, -0.2) is 9.79 Å². The molecule has 6 N–H and O–H groups in total. The van der Waals surface area contributed by atoms with E-state index >= 15 is 0 Å². The van der Waals surface area contributed by atoms with E-state index in [2.05, 4.69) is 15.6 Å². The smallest absolute Gasteiger partial charge is 0.319 e. The lowest BCUT2D eigenvalue weighted by Gasteiger charge is -2.07. The maximum Gasteiger partial charge on any atom is 0.319 e. The van der Waals surface area contributed by atoms with Crippen LogP contribution in [0.4, 0.5) is 10.5 Å². The van der Waals surface area contributed by atoms with Crippen LogP contribution in [0.1, 0.15) is 18.4 Å². The van der Waals surface area contributed by atoms with Gasteiger partial charge in [-0.1, -0.05) is 12.1 Å². The van der Waals surface area contributed by atoms with Crippen molar-refractivity contribution in [1.29, 1.82) is 0 Å². The van der Waals surface area contributed by atoms with Crippen molar-refractivity contribution in [2.24, 2.45) is 16.5 Å². The van der Waals surface area contributed by atoms with Crippen LogP contribution >= 0.6 is 0 Å². The highest BCUT2D eigenvalue weighted by Crippen LogP contribution is 2.19. The molecule has 0 saturated heterocycles. The molecule has 1 aromatic carbocycles. The summed E-state index contributed by atoms with van der Waals surface area (Å²) in [6, 6.07) is 7.59. The Morgan fingerprint density at radius 3 is 2.83 bits per heavy atom. The molecule has 0 bridgehead atoms. The van der Waals surface area contributed by atoms with Crippen LogP contribution in [-0.4, -0.2) is 18.0 Å². The molecule has 0 atom stereocenters. The lowest BCUT2D eigenvalue weighted by molar-refractivity contribution is 0.251. The molecule has 1 fully saturated rings. The van der Waals surface area contributed by atoms with E-state index in [9.17, 15) is 4.79 Å². The molecule has 0 radical (unpaired) electrons. The Labute approximate surface area is 105 Å². The van der Waals surface area contributed by atoms with Crippen LogP contribution in [-0.2, 0) is 6.54 Å². The summed E-state index contributed by atoms with van der Waals surface area (Å²) in [5, 5.41) is 5.63. The summed E-state index contributed by atoms with van der Waals surface area (Å²) in [6.45, 7) is 0.405. The molecule has 0 aliphatic heterocycles. The number of anilines is 1. The van der Waals surface area contributed by atoms with E-state index in [-0.39, 0.29) is 12.0 Å². The van der Waals surface area contributed by atoms with Crippen molar-refractivity contribution in [3.63, 3.8) is 0 Å². The Balaban J connectivity index is 1.93. The van der Waals surface area contributed by atoms with Gasteiger partial charge in [0.15, 0.2) is 5.96 Å². The molecule has 6 heteroatoms. The molecule has 2 amide bonds. The zero-order chi connectivity index (χ0) is 13.0. The SMILES string of the molecule is NC(N)=NCc1cccc(NC(=O)NC2CC2)c1. The minimum atomic E-state index is -0.170. The molecule has 96 valence electrons. The van der Waals surface area contributed by atoms with E-state index in [4.69, 9.17) is 11.5 Å². The molecule has 1 aliphatic rings. The molecule has 2 rings (SSSR count). The molecular weight excluding hydrogens is 230 g/mol. The molecule has 0 aromatic heterocycles. The summed E-state index contributed by atoms with van der Waals surface area (Å²) in [5.74, 6) is 0.0554. The minimum Gasteiger partial charge on any atom is -0.370 e. The van der Waals surface area contributed by atoms with Gasteiger partial charge in [0.2, 0.25) is 0 Å². The van der Waals surface area contributed by atoms with Crippen molar-refractivity contribution in [1.82, 2.24) is 5.32 Å². The fourth-order valence-corrected chi connectivity index (χ4v) is 1.51. The monoisotopic (exact) mass is 247 g/mol. The van der Waals surface area contributed by atoms with Crippen molar-refractivity contribution in [3.8, 4) is 0 Å². The molecule has 18 heavy (non-hydrogen) atoms. The van der Waals surface area contributed by atoms with Crippen molar-refractivity contribution in [3.05, 3.63) is 29.8 Å². The van der Waals surface area contributed by atoms with Crippen LogP contribution in [0, 0.1) is 0 Å². The number of nitrogens with two attached hydrogens (primary N) is 2. The van der Waals surface area contributed by atoms with Gasteiger partial charge in [-0.3, -0.25) is 0 Å². The third kappa shape index (κ3) is 3.97. The number of hydrogen-bond acceptors (Lipinski definition) is 2. The van der Waals surface area contributed by atoms with Crippen LogP contribution in [0.3, 0.4) is 0 Å². The molecule has 0 spiro atoms. The second kappa shape index (κ2) is 5.39. The molecule has 0 unspecified atom stereocenters. The molecule has 0 heterocycles. The Bertz CT molecular complexity index is 463. The first kappa shape index (κ1) is 12.2. The predicted octanol–water partition coefficient (Wildman–Crippen LogP) is 0.744. The van der Waals surface area contributed by atoms with Gasteiger partial charge in [0.05, 0.1) is 6.54 Å². The number of aliphatic imine (C=N–C) groups is 1. The van der Waals surface area contributed by atoms with Gasteiger partial charge in [-0.05, 0) is 30.5 Å². The number of guanidine groups is 1. The first-order valence-corrected chi connectivity index (χ1v) is 5.85. The van der Waals surface area contributed by atoms with Crippen LogP contribution in [0.25, 0.3) is 0 Å². The molecule has 1 aliphatic carbocycles. The number of rotatable bonds is 4. The van der Waals surface area contributed by atoms with Crippen molar-refractivity contribution in [2.75, 3.05) is 5.32 Å². The zero-order valence-electron chi connectivity index (χ0n) is 10.0. The second-order valence-electron chi connectivity index (χ2n) is 4.31. The van der Waals surface area contributed by atoms with Crippen molar-refractivity contribution < 1.29 is 4.79 Å². The van der Waals surface area contributed by atoms with Gasteiger partial charge >= 0.3 is 6.03 Å². The maximum absolute atomic E-state index is 11.6. The third-order valence-corrected chi connectivity index (χ3v) is 2.54. The maximum atomic E-state index is 11.6. The Morgan fingerprint density at radius 1 is 1.39 bits per heavy atom. The van der Waals surface area contributed by atoms with Crippen LogP contribution in [0.2, 0.25) is 0 Å². The number of hydrogen-bond donors (Lipinski definition) is 4. The van der Waals surface area contributed by atoms with E-state index < -0.39 is 0 Å². The summed E-state index contributed by atoms with van der Waals surface area (Å²) >= 11 is 0. The first-order chi connectivity index (χ1) is 8.63. The van der Waals surface area contributed by atoms with E-state index in [0.717, 1.165) is 24.1 Å². The average Bonchev–Trinajstić information content (AvgIpc) is 3.10. The molecule has 1 saturated carbocycles. The van der Waals surface area contributed by atoms with Crippen LogP contribution in [0.15, 0.2) is 29.3 Å². The minimum absolute atomic E-state index is 0.0554. The van der Waals surface area contributed by atoms with Gasteiger partial charge < -0.3 is 22.1 Å². The number of benzene rings is 1. The normalized spacial score (nSPS) is 13.8. The van der Waals surface area contributed by atoms with Crippen LogP contribution < -0.4 is 22.1 Å². The Hall–Kier alpha value is -2.24. The van der Waals surface area contributed by atoms with E-state index in [0.29, 0.717) is 12.6 Å². The number of nitrogens with zero attached hydrogens (tertiary/aromatic N) is 1. The fourth-order valence-electron chi connectivity index (χ4n) is 1.51. The Kier molecular flexibility index (Phi) is 3.66. The largest absolute Gasteiger partial charge is 0.370 e. The van der Waals surface area contributed by atoms with E-state index in [1.165, 1.54) is 0 Å². The lowest BCUT2D eigenvalue weighted by Crippen LogP contribution is -2.30. The van der Waals surface area contributed by atoms with Gasteiger partial charge in [0, 0.05) is 11.7 Å². The van der Waals surface area contributed by atoms with Gasteiger partial charge in [-0.2, -0.15) is 0 Å². The first-order valence-electron chi connectivity index (χ1n) is 5.85. The highest BCUT2D eigenvalue weighted by Gasteiger charge is 2.23. The summed E-state index contributed by atoms with van der Waals surface area (Å²) in [7, 11) is 0. The molecule has 6 nitrogen and oxygen atoms in total. The molecular formula is C12H17N5O. The highest BCUT2D eigenvalue weighted by atomic mass is 16.2. The standard InChI is InChI=1S/C12H17N5O/c13-11(14)15-7-8-2-1-3-10(6-8)17-12(18)16-9-4-5-9/h1-3,6,9H,4-5,7H2,(H4,13,14,15)(H2,16,17,18). The van der Waals surface area contributed by atoms with E-state index in [1.54, 1.807) is 0 Å². The number of carbonyl (C=O) groups excluding carboxylic acids is 1. The second-order valence-corrected chi connectivity index (χ2v) is 4.31. The van der Waals surface area contributed by atoms with Gasteiger partial charge in [0.1, 0.15) is 0 Å². The number of carbonyl (C=O) groups is 1. The number of amides is 2. The van der Waals surface area contributed by atoms with Crippen molar-refractivity contribution in [2.45, 2.75) is 25.4 Å². The Morgan fingerprint density at radius 2 is 2.17 bits per heavy atom. The third-order valence-electron chi connectivity index (χ3n) is 2.54. The van der Waals surface area contributed by atoms with Gasteiger partial charge in [-0.15, -0.1) is 0 Å². The fraction of sp³-hybridized carbons (Fsp3) is 0.333. The summed E-state index contributed by atoms with van der Waals surface area (Å²) in [4.78, 5) is 15.5. The molecule has 1 aromatic rings. The summed E-state index contributed by atoms with van der Waals surface area (Å²) in [5.41, 5.74) is 12.2. The summed E-state index contributed by atoms with van der Waals surface area (Å²) in [6.07, 6.45) is 2.13.